The molecular weight excluding hydrogens is 278 g/mol. The van der Waals surface area contributed by atoms with E-state index in [-0.39, 0.29) is 11.1 Å². The summed E-state index contributed by atoms with van der Waals surface area (Å²) < 4.78 is 11.1. The molecule has 132 valence electrons. The Hall–Kier alpha value is -0.450. The molecule has 0 heterocycles. The normalized spacial score (nSPS) is 12.6. The van der Waals surface area contributed by atoms with Gasteiger partial charge in [-0.15, -0.1) is 0 Å². The third-order valence-electron chi connectivity index (χ3n) is 3.03. The zero-order chi connectivity index (χ0) is 17.1. The molecule has 0 amide bonds. The maximum Gasteiger partial charge on any atom is 0.135 e. The first kappa shape index (κ1) is 21.6. The van der Waals surface area contributed by atoms with E-state index in [9.17, 15) is 4.79 Å². The highest BCUT2D eigenvalue weighted by Crippen LogP contribution is 2.07. The van der Waals surface area contributed by atoms with Crippen LogP contribution in [0.4, 0.5) is 0 Å². The van der Waals surface area contributed by atoms with Crippen molar-refractivity contribution in [1.82, 2.24) is 5.32 Å². The molecule has 0 rings (SSSR count). The lowest BCUT2D eigenvalue weighted by Crippen LogP contribution is -2.36. The summed E-state index contributed by atoms with van der Waals surface area (Å²) in [4.78, 5) is 11.7. The van der Waals surface area contributed by atoms with Crippen molar-refractivity contribution in [2.75, 3.05) is 26.4 Å². The number of rotatable bonds is 12. The Morgan fingerprint density at radius 3 is 2.09 bits per heavy atom. The number of Topliss-reactive ketones (excluding diaryl/α,β-unsaturated/α-hetero) is 1. The van der Waals surface area contributed by atoms with E-state index in [1.165, 1.54) is 0 Å². The van der Waals surface area contributed by atoms with Gasteiger partial charge in [0.1, 0.15) is 5.78 Å². The van der Waals surface area contributed by atoms with Crippen LogP contribution in [0, 0.1) is 0 Å². The zero-order valence-corrected chi connectivity index (χ0v) is 15.6. The highest BCUT2D eigenvalue weighted by molar-refractivity contribution is 5.78. The fourth-order valence-electron chi connectivity index (χ4n) is 1.85. The van der Waals surface area contributed by atoms with Gasteiger partial charge in [0.15, 0.2) is 0 Å². The van der Waals surface area contributed by atoms with Gasteiger partial charge < -0.3 is 14.8 Å². The summed E-state index contributed by atoms with van der Waals surface area (Å²) in [6, 6.07) is 0. The number of nitrogens with one attached hydrogen (secondary N) is 1. The highest BCUT2D eigenvalue weighted by Gasteiger charge is 2.09. The van der Waals surface area contributed by atoms with Gasteiger partial charge in [0.05, 0.1) is 12.2 Å². The maximum atomic E-state index is 11.7. The molecule has 0 aliphatic rings. The minimum Gasteiger partial charge on any atom is -0.381 e. The van der Waals surface area contributed by atoms with Gasteiger partial charge in [0, 0.05) is 31.6 Å². The first-order valence-corrected chi connectivity index (χ1v) is 8.58. The average Bonchev–Trinajstić information content (AvgIpc) is 2.35. The van der Waals surface area contributed by atoms with Crippen molar-refractivity contribution in [3.63, 3.8) is 0 Å². The van der Waals surface area contributed by atoms with Crippen LogP contribution in [0.15, 0.2) is 0 Å². The first-order valence-electron chi connectivity index (χ1n) is 8.58. The summed E-state index contributed by atoms with van der Waals surface area (Å²) in [6.45, 7) is 15.5. The van der Waals surface area contributed by atoms with Crippen LogP contribution in [0.5, 0.6) is 0 Å². The average molecular weight is 315 g/mol. The number of hydrogen-bond donors (Lipinski definition) is 1. The first-order chi connectivity index (χ1) is 10.1. The summed E-state index contributed by atoms with van der Waals surface area (Å²) >= 11 is 0. The van der Waals surface area contributed by atoms with Gasteiger partial charge in [-0.05, 0) is 67.3 Å². The number of ether oxygens (including phenoxy) is 2. The molecule has 0 bridgehead atoms. The topological polar surface area (TPSA) is 47.6 Å². The molecule has 0 aliphatic heterocycles. The molecule has 0 unspecified atom stereocenters. The predicted octanol–water partition coefficient (Wildman–Crippen LogP) is 3.73. The molecule has 0 atom stereocenters. The van der Waals surface area contributed by atoms with Crippen molar-refractivity contribution >= 4 is 5.78 Å². The Bertz CT molecular complexity index is 290. The van der Waals surface area contributed by atoms with Gasteiger partial charge in [-0.25, -0.2) is 0 Å². The number of carbonyl (C=O) groups excluding carboxylic acids is 1. The second-order valence-corrected chi connectivity index (χ2v) is 7.85. The van der Waals surface area contributed by atoms with Crippen LogP contribution in [0.3, 0.4) is 0 Å². The monoisotopic (exact) mass is 315 g/mol. The summed E-state index contributed by atoms with van der Waals surface area (Å²) in [6.07, 6.45) is 4.07. The van der Waals surface area contributed by atoms with Gasteiger partial charge in [0.2, 0.25) is 0 Å². The van der Waals surface area contributed by atoms with Crippen molar-refractivity contribution in [1.29, 1.82) is 0 Å². The standard InChI is InChI=1S/C18H37NO3/c1-17(2,3)19-12-9-10-16(20)11-15-21-13-7-8-14-22-18(4,5)6/h19H,7-15H2,1-6H3. The minimum atomic E-state index is -0.0604. The van der Waals surface area contributed by atoms with Crippen LogP contribution < -0.4 is 5.32 Å². The van der Waals surface area contributed by atoms with Crippen molar-refractivity contribution in [3.05, 3.63) is 0 Å². The molecule has 0 saturated heterocycles. The lowest BCUT2D eigenvalue weighted by atomic mass is 10.1. The van der Waals surface area contributed by atoms with Crippen molar-refractivity contribution in [3.8, 4) is 0 Å². The number of carbonyl (C=O) groups is 1. The third kappa shape index (κ3) is 17.6. The zero-order valence-electron chi connectivity index (χ0n) is 15.6. The van der Waals surface area contributed by atoms with Crippen LogP contribution in [-0.2, 0) is 14.3 Å². The fraction of sp³-hybridized carbons (Fsp3) is 0.944. The minimum absolute atomic E-state index is 0.0604. The van der Waals surface area contributed by atoms with Crippen LogP contribution in [0.1, 0.15) is 73.6 Å². The van der Waals surface area contributed by atoms with Crippen LogP contribution in [-0.4, -0.2) is 43.3 Å². The molecule has 4 heteroatoms. The Labute approximate surface area is 137 Å². The van der Waals surface area contributed by atoms with E-state index in [0.29, 0.717) is 31.8 Å². The maximum absolute atomic E-state index is 11.7. The van der Waals surface area contributed by atoms with E-state index < -0.39 is 0 Å². The lowest BCUT2D eigenvalue weighted by Gasteiger charge is -2.20. The molecule has 0 spiro atoms. The van der Waals surface area contributed by atoms with Crippen LogP contribution in [0.2, 0.25) is 0 Å². The van der Waals surface area contributed by atoms with Crippen LogP contribution in [0.25, 0.3) is 0 Å². The van der Waals surface area contributed by atoms with Gasteiger partial charge in [-0.1, -0.05) is 0 Å². The molecule has 0 saturated carbocycles. The number of unbranched alkanes of at least 4 members (excludes halogenated alkanes) is 1. The van der Waals surface area contributed by atoms with E-state index in [2.05, 4.69) is 46.9 Å². The quantitative estimate of drug-likeness (QED) is 0.558. The Morgan fingerprint density at radius 1 is 0.864 bits per heavy atom. The molecule has 0 aromatic carbocycles. The highest BCUT2D eigenvalue weighted by atomic mass is 16.5. The summed E-state index contributed by atoms with van der Waals surface area (Å²) in [5.74, 6) is 0.298. The number of hydrogen-bond acceptors (Lipinski definition) is 4. The summed E-state index contributed by atoms with van der Waals surface area (Å²) in [7, 11) is 0. The van der Waals surface area contributed by atoms with E-state index in [4.69, 9.17) is 9.47 Å². The molecule has 1 N–H and O–H groups in total. The molecule has 0 aliphatic carbocycles. The SMILES string of the molecule is CC(C)(C)NCCCC(=O)CCOCCCCOC(C)(C)C. The van der Waals surface area contributed by atoms with E-state index in [1.54, 1.807) is 0 Å². The molecular formula is C18H37NO3. The van der Waals surface area contributed by atoms with Gasteiger partial charge >= 0.3 is 0 Å². The molecule has 0 aromatic rings. The van der Waals surface area contributed by atoms with E-state index in [0.717, 1.165) is 32.4 Å². The Morgan fingerprint density at radius 2 is 1.50 bits per heavy atom. The van der Waals surface area contributed by atoms with Gasteiger partial charge in [-0.2, -0.15) is 0 Å². The molecule has 22 heavy (non-hydrogen) atoms. The van der Waals surface area contributed by atoms with Crippen LogP contribution >= 0.6 is 0 Å². The Balaban J connectivity index is 3.32. The third-order valence-corrected chi connectivity index (χ3v) is 3.03. The second-order valence-electron chi connectivity index (χ2n) is 7.85. The van der Waals surface area contributed by atoms with E-state index >= 15 is 0 Å². The smallest absolute Gasteiger partial charge is 0.135 e. The summed E-state index contributed by atoms with van der Waals surface area (Å²) in [5, 5.41) is 3.39. The van der Waals surface area contributed by atoms with Gasteiger partial charge in [-0.3, -0.25) is 4.79 Å². The predicted molar refractivity (Wildman–Crippen MR) is 92.4 cm³/mol. The van der Waals surface area contributed by atoms with Crippen molar-refractivity contribution in [2.24, 2.45) is 0 Å². The Kier molecular flexibility index (Phi) is 10.9. The van der Waals surface area contributed by atoms with Crippen molar-refractivity contribution < 1.29 is 14.3 Å². The van der Waals surface area contributed by atoms with Crippen molar-refractivity contribution in [2.45, 2.75) is 84.8 Å². The lowest BCUT2D eigenvalue weighted by molar-refractivity contribution is -0.120. The molecule has 0 aromatic heterocycles. The number of ketones is 1. The fourth-order valence-corrected chi connectivity index (χ4v) is 1.85. The van der Waals surface area contributed by atoms with Gasteiger partial charge in [0.25, 0.3) is 0 Å². The van der Waals surface area contributed by atoms with E-state index in [1.807, 2.05) is 0 Å². The second kappa shape index (κ2) is 11.1. The largest absolute Gasteiger partial charge is 0.381 e. The molecule has 0 radical (unpaired) electrons. The molecule has 0 fully saturated rings. The molecule has 4 nitrogen and oxygen atoms in total. The summed E-state index contributed by atoms with van der Waals surface area (Å²) in [5.41, 5.74) is 0.0674.